The zero-order valence-corrected chi connectivity index (χ0v) is 17.4. The number of aryl methyl sites for hydroxylation is 1. The number of tetrazole rings is 1. The summed E-state index contributed by atoms with van der Waals surface area (Å²) in [6.07, 6.45) is 0.371. The van der Waals surface area contributed by atoms with Crippen LogP contribution < -0.4 is 10.2 Å². The molecule has 1 aliphatic rings. The average molecular weight is 441 g/mol. The summed E-state index contributed by atoms with van der Waals surface area (Å²) in [7, 11) is 3.06. The van der Waals surface area contributed by atoms with Gasteiger partial charge in [-0.15, -0.1) is 10.2 Å². The van der Waals surface area contributed by atoms with Gasteiger partial charge in [0.1, 0.15) is 24.2 Å². The number of halogens is 1. The minimum absolute atomic E-state index is 0.0812. The number of ether oxygens (including phenoxy) is 2. The minimum Gasteiger partial charge on any atom is -0.442 e. The van der Waals surface area contributed by atoms with Crippen molar-refractivity contribution in [2.24, 2.45) is 7.05 Å². The van der Waals surface area contributed by atoms with E-state index in [-0.39, 0.29) is 25.6 Å². The highest BCUT2D eigenvalue weighted by Gasteiger charge is 2.33. The summed E-state index contributed by atoms with van der Waals surface area (Å²) in [5, 5.41) is 14.4. The Morgan fingerprint density at radius 3 is 2.84 bits per heavy atom. The third-order valence-corrected chi connectivity index (χ3v) is 4.75. The van der Waals surface area contributed by atoms with E-state index in [4.69, 9.17) is 9.47 Å². The number of pyridine rings is 1. The minimum atomic E-state index is -0.606. The zero-order chi connectivity index (χ0) is 22.7. The van der Waals surface area contributed by atoms with E-state index in [1.165, 1.54) is 29.1 Å². The summed E-state index contributed by atoms with van der Waals surface area (Å²) in [5.74, 6) is -0.457. The highest BCUT2D eigenvalue weighted by molar-refractivity contribution is 5.90. The topological polar surface area (TPSA) is 124 Å². The molecule has 1 saturated heterocycles. The van der Waals surface area contributed by atoms with Crippen molar-refractivity contribution >= 4 is 17.7 Å². The Balaban J connectivity index is 1.45. The second-order valence-electron chi connectivity index (χ2n) is 7.05. The van der Waals surface area contributed by atoms with Gasteiger partial charge in [0.15, 0.2) is 0 Å². The normalized spacial score (nSPS) is 15.7. The number of benzene rings is 1. The predicted octanol–water partition coefficient (Wildman–Crippen LogP) is 1.17. The van der Waals surface area contributed by atoms with E-state index in [0.29, 0.717) is 28.3 Å². The van der Waals surface area contributed by atoms with E-state index < -0.39 is 18.0 Å². The van der Waals surface area contributed by atoms with Crippen LogP contribution in [-0.4, -0.2) is 70.1 Å². The van der Waals surface area contributed by atoms with Gasteiger partial charge in [0, 0.05) is 24.4 Å². The maximum Gasteiger partial charge on any atom is 0.414 e. The van der Waals surface area contributed by atoms with Gasteiger partial charge in [-0.25, -0.2) is 9.18 Å². The Labute approximate surface area is 182 Å². The van der Waals surface area contributed by atoms with Crippen molar-refractivity contribution in [3.63, 3.8) is 0 Å². The Morgan fingerprint density at radius 2 is 2.19 bits per heavy atom. The molecule has 1 aliphatic heterocycles. The van der Waals surface area contributed by atoms with Crippen molar-refractivity contribution in [1.29, 1.82) is 0 Å². The number of cyclic esters (lactones) is 1. The maximum atomic E-state index is 14.9. The van der Waals surface area contributed by atoms with Crippen molar-refractivity contribution in [3.8, 4) is 22.6 Å². The van der Waals surface area contributed by atoms with Crippen molar-refractivity contribution in [2.45, 2.75) is 6.10 Å². The standard InChI is InChI=1S/C20H20FN7O4/c1-27-25-19(24-26-27)17-6-3-12(8-22-17)15-5-4-13(7-16(15)21)28-10-14(32-20(28)30)9-23-18(29)11-31-2/h3-8,14H,9-11H2,1-2H3,(H,23,29)/t14-/m0/s1. The van der Waals surface area contributed by atoms with Gasteiger partial charge in [-0.2, -0.15) is 4.80 Å². The molecule has 166 valence electrons. The fourth-order valence-electron chi connectivity index (χ4n) is 3.23. The molecule has 1 aromatic carbocycles. The molecule has 2 amide bonds. The molecule has 0 spiro atoms. The fourth-order valence-corrected chi connectivity index (χ4v) is 3.23. The van der Waals surface area contributed by atoms with Crippen molar-refractivity contribution in [1.82, 2.24) is 30.5 Å². The molecule has 4 rings (SSSR count). The first kappa shape index (κ1) is 21.3. The number of amides is 2. The van der Waals surface area contributed by atoms with E-state index in [1.54, 1.807) is 31.3 Å². The molecule has 3 aromatic rings. The first-order valence-corrected chi connectivity index (χ1v) is 9.68. The van der Waals surface area contributed by atoms with Crippen LogP contribution in [0.5, 0.6) is 0 Å². The average Bonchev–Trinajstić information content (AvgIpc) is 3.38. The lowest BCUT2D eigenvalue weighted by atomic mass is 10.1. The maximum absolute atomic E-state index is 14.9. The summed E-state index contributed by atoms with van der Waals surface area (Å²) in [6, 6.07) is 7.85. The van der Waals surface area contributed by atoms with Crippen molar-refractivity contribution < 1.29 is 23.5 Å². The molecule has 1 atom stereocenters. The molecule has 0 aliphatic carbocycles. The zero-order valence-electron chi connectivity index (χ0n) is 17.4. The van der Waals surface area contributed by atoms with E-state index in [1.807, 2.05) is 0 Å². The smallest absolute Gasteiger partial charge is 0.414 e. The molecular formula is C20H20FN7O4. The molecule has 1 N–H and O–H groups in total. The van der Waals surface area contributed by atoms with Crippen LogP contribution in [0, 0.1) is 5.82 Å². The second kappa shape index (κ2) is 9.06. The van der Waals surface area contributed by atoms with Crippen LogP contribution in [0.1, 0.15) is 0 Å². The third-order valence-electron chi connectivity index (χ3n) is 4.75. The Kier molecular flexibility index (Phi) is 6.03. The van der Waals surface area contributed by atoms with E-state index in [9.17, 15) is 14.0 Å². The first-order chi connectivity index (χ1) is 15.4. The van der Waals surface area contributed by atoms with Crippen LogP contribution in [0.2, 0.25) is 0 Å². The molecule has 2 aromatic heterocycles. The van der Waals surface area contributed by atoms with Crippen LogP contribution in [-0.2, 0) is 21.3 Å². The fraction of sp³-hybridized carbons (Fsp3) is 0.300. The number of hydrogen-bond acceptors (Lipinski definition) is 8. The highest BCUT2D eigenvalue weighted by atomic mass is 19.1. The second-order valence-corrected chi connectivity index (χ2v) is 7.05. The van der Waals surface area contributed by atoms with E-state index in [0.717, 1.165) is 0 Å². The van der Waals surface area contributed by atoms with Gasteiger partial charge in [-0.05, 0) is 29.5 Å². The number of carbonyl (C=O) groups excluding carboxylic acids is 2. The van der Waals surface area contributed by atoms with Gasteiger partial charge >= 0.3 is 6.09 Å². The first-order valence-electron chi connectivity index (χ1n) is 9.68. The quantitative estimate of drug-likeness (QED) is 0.579. The van der Waals surface area contributed by atoms with Crippen molar-refractivity contribution in [2.75, 3.05) is 31.7 Å². The SMILES string of the molecule is COCC(=O)NC[C@H]1CN(c2ccc(-c3ccc(-c4nnn(C)n4)nc3)c(F)c2)C(=O)O1. The molecule has 32 heavy (non-hydrogen) atoms. The number of nitrogens with zero attached hydrogens (tertiary/aromatic N) is 6. The van der Waals surface area contributed by atoms with Gasteiger partial charge in [0.2, 0.25) is 11.7 Å². The predicted molar refractivity (Wildman–Crippen MR) is 110 cm³/mol. The third kappa shape index (κ3) is 4.54. The number of hydrogen-bond donors (Lipinski definition) is 1. The van der Waals surface area contributed by atoms with Gasteiger partial charge in [0.25, 0.3) is 0 Å². The lowest BCUT2D eigenvalue weighted by molar-refractivity contribution is -0.125. The lowest BCUT2D eigenvalue weighted by Gasteiger charge is -2.14. The summed E-state index contributed by atoms with van der Waals surface area (Å²) >= 11 is 0. The summed E-state index contributed by atoms with van der Waals surface area (Å²) in [6.45, 7) is 0.248. The number of methoxy groups -OCH3 is 1. The van der Waals surface area contributed by atoms with Gasteiger partial charge in [-0.1, -0.05) is 6.07 Å². The lowest BCUT2D eigenvalue weighted by Crippen LogP contribution is -2.36. The molecule has 0 radical (unpaired) electrons. The largest absolute Gasteiger partial charge is 0.442 e. The summed E-state index contributed by atoms with van der Waals surface area (Å²) in [4.78, 5) is 30.6. The Hall–Kier alpha value is -3.93. The van der Waals surface area contributed by atoms with Crippen molar-refractivity contribution in [3.05, 3.63) is 42.3 Å². The Bertz CT molecular complexity index is 1140. The monoisotopic (exact) mass is 441 g/mol. The molecule has 0 unspecified atom stereocenters. The summed E-state index contributed by atoms with van der Waals surface area (Å²) < 4.78 is 24.8. The Morgan fingerprint density at radius 1 is 1.34 bits per heavy atom. The number of nitrogens with one attached hydrogen (secondary N) is 1. The summed E-state index contributed by atoms with van der Waals surface area (Å²) in [5.41, 5.74) is 1.76. The number of aromatic nitrogens is 5. The van der Waals surface area contributed by atoms with Crippen LogP contribution in [0.4, 0.5) is 14.9 Å². The molecule has 1 fully saturated rings. The number of carbonyl (C=O) groups is 2. The van der Waals surface area contributed by atoms with Crippen LogP contribution >= 0.6 is 0 Å². The number of rotatable bonds is 7. The molecule has 0 saturated carbocycles. The van der Waals surface area contributed by atoms with Crippen LogP contribution in [0.25, 0.3) is 22.6 Å². The van der Waals surface area contributed by atoms with Gasteiger partial charge in [0.05, 0.1) is 25.8 Å². The molecule has 11 nitrogen and oxygen atoms in total. The van der Waals surface area contributed by atoms with E-state index in [2.05, 4.69) is 25.7 Å². The van der Waals surface area contributed by atoms with Crippen LogP contribution in [0.3, 0.4) is 0 Å². The molecule has 3 heterocycles. The molecule has 12 heteroatoms. The van der Waals surface area contributed by atoms with Gasteiger partial charge in [-0.3, -0.25) is 14.7 Å². The highest BCUT2D eigenvalue weighted by Crippen LogP contribution is 2.29. The number of anilines is 1. The molecular weight excluding hydrogens is 421 g/mol. The van der Waals surface area contributed by atoms with Gasteiger partial charge < -0.3 is 14.8 Å². The van der Waals surface area contributed by atoms with Crippen LogP contribution in [0.15, 0.2) is 36.5 Å². The van der Waals surface area contributed by atoms with E-state index >= 15 is 0 Å². The molecule has 0 bridgehead atoms.